The van der Waals surface area contributed by atoms with Crippen molar-refractivity contribution in [1.29, 1.82) is 0 Å². The topological polar surface area (TPSA) is 34.2 Å². The van der Waals surface area contributed by atoms with Crippen LogP contribution in [0.4, 0.5) is 5.82 Å². The summed E-state index contributed by atoms with van der Waals surface area (Å²) in [5.74, 6) is 1.58. The highest BCUT2D eigenvalue weighted by Gasteiger charge is 2.06. The molecule has 2 aromatic rings. The van der Waals surface area contributed by atoms with Crippen LogP contribution in [0.5, 0.6) is 5.75 Å². The molecular formula is C16H19ClN2O. The molecule has 0 amide bonds. The fraction of sp³-hybridized carbons (Fsp3) is 0.312. The zero-order valence-electron chi connectivity index (χ0n) is 11.8. The van der Waals surface area contributed by atoms with E-state index in [1.165, 1.54) is 0 Å². The SMILES string of the molecule is CCCNc1ncccc1COc1cc(C)ccc1Cl. The van der Waals surface area contributed by atoms with Gasteiger partial charge in [-0.1, -0.05) is 30.7 Å². The Hall–Kier alpha value is -1.74. The van der Waals surface area contributed by atoms with Crippen molar-refractivity contribution in [1.82, 2.24) is 4.98 Å². The van der Waals surface area contributed by atoms with Gasteiger partial charge in [0.1, 0.15) is 18.2 Å². The first-order chi connectivity index (χ1) is 9.70. The molecule has 0 atom stereocenters. The summed E-state index contributed by atoms with van der Waals surface area (Å²) in [5.41, 5.74) is 2.15. The number of anilines is 1. The highest BCUT2D eigenvalue weighted by Crippen LogP contribution is 2.26. The van der Waals surface area contributed by atoms with Crippen molar-refractivity contribution >= 4 is 17.4 Å². The number of ether oxygens (including phenoxy) is 1. The molecule has 0 fully saturated rings. The summed E-state index contributed by atoms with van der Waals surface area (Å²) in [4.78, 5) is 4.34. The summed E-state index contributed by atoms with van der Waals surface area (Å²) in [7, 11) is 0. The van der Waals surface area contributed by atoms with E-state index in [1.54, 1.807) is 6.20 Å². The van der Waals surface area contributed by atoms with Crippen LogP contribution in [-0.2, 0) is 6.61 Å². The normalized spacial score (nSPS) is 10.3. The van der Waals surface area contributed by atoms with Crippen molar-refractivity contribution in [3.05, 3.63) is 52.7 Å². The van der Waals surface area contributed by atoms with Gasteiger partial charge in [0.25, 0.3) is 0 Å². The zero-order valence-corrected chi connectivity index (χ0v) is 12.6. The molecule has 0 aliphatic rings. The van der Waals surface area contributed by atoms with Crippen molar-refractivity contribution in [2.45, 2.75) is 26.9 Å². The van der Waals surface area contributed by atoms with Crippen molar-refractivity contribution in [2.24, 2.45) is 0 Å². The molecule has 106 valence electrons. The first-order valence-electron chi connectivity index (χ1n) is 6.77. The number of aromatic nitrogens is 1. The minimum absolute atomic E-state index is 0.447. The van der Waals surface area contributed by atoms with E-state index in [9.17, 15) is 0 Å². The Balaban J connectivity index is 2.08. The number of rotatable bonds is 6. The highest BCUT2D eigenvalue weighted by atomic mass is 35.5. The zero-order chi connectivity index (χ0) is 14.4. The van der Waals surface area contributed by atoms with Gasteiger partial charge in [0.2, 0.25) is 0 Å². The molecule has 1 aromatic carbocycles. The van der Waals surface area contributed by atoms with E-state index in [1.807, 2.05) is 37.3 Å². The number of aryl methyl sites for hydroxylation is 1. The minimum Gasteiger partial charge on any atom is -0.487 e. The van der Waals surface area contributed by atoms with Gasteiger partial charge in [0, 0.05) is 18.3 Å². The van der Waals surface area contributed by atoms with Gasteiger partial charge in [-0.25, -0.2) is 4.98 Å². The number of hydrogen-bond acceptors (Lipinski definition) is 3. The molecule has 1 aromatic heterocycles. The predicted molar refractivity (Wildman–Crippen MR) is 83.5 cm³/mol. The number of pyridine rings is 1. The van der Waals surface area contributed by atoms with Gasteiger partial charge in [0.05, 0.1) is 5.02 Å². The number of nitrogens with one attached hydrogen (secondary N) is 1. The van der Waals surface area contributed by atoms with E-state index in [0.717, 1.165) is 29.9 Å². The molecule has 0 bridgehead atoms. The molecule has 0 saturated carbocycles. The second-order valence-corrected chi connectivity index (χ2v) is 5.07. The Morgan fingerprint density at radius 1 is 1.30 bits per heavy atom. The van der Waals surface area contributed by atoms with Crippen LogP contribution in [-0.4, -0.2) is 11.5 Å². The summed E-state index contributed by atoms with van der Waals surface area (Å²) in [6, 6.07) is 9.68. The monoisotopic (exact) mass is 290 g/mol. The van der Waals surface area contributed by atoms with Crippen LogP contribution in [0.15, 0.2) is 36.5 Å². The van der Waals surface area contributed by atoms with Crippen LogP contribution in [0.2, 0.25) is 5.02 Å². The Morgan fingerprint density at radius 2 is 2.15 bits per heavy atom. The van der Waals surface area contributed by atoms with Crippen molar-refractivity contribution in [3.8, 4) is 5.75 Å². The van der Waals surface area contributed by atoms with E-state index in [-0.39, 0.29) is 0 Å². The number of nitrogens with zero attached hydrogens (tertiary/aromatic N) is 1. The summed E-state index contributed by atoms with van der Waals surface area (Å²) in [5, 5.41) is 3.93. The first-order valence-corrected chi connectivity index (χ1v) is 7.15. The summed E-state index contributed by atoms with van der Waals surface area (Å²) < 4.78 is 5.81. The van der Waals surface area contributed by atoms with E-state index in [4.69, 9.17) is 16.3 Å². The Bertz CT molecular complexity index is 572. The van der Waals surface area contributed by atoms with Gasteiger partial charge in [-0.05, 0) is 37.1 Å². The van der Waals surface area contributed by atoms with Gasteiger partial charge < -0.3 is 10.1 Å². The van der Waals surface area contributed by atoms with Crippen LogP contribution in [0.25, 0.3) is 0 Å². The van der Waals surface area contributed by atoms with Crippen molar-refractivity contribution in [2.75, 3.05) is 11.9 Å². The fourth-order valence-corrected chi connectivity index (χ4v) is 2.01. The lowest BCUT2D eigenvalue weighted by molar-refractivity contribution is 0.306. The number of halogens is 1. The van der Waals surface area contributed by atoms with Crippen LogP contribution < -0.4 is 10.1 Å². The van der Waals surface area contributed by atoms with Crippen LogP contribution >= 0.6 is 11.6 Å². The second kappa shape index (κ2) is 7.15. The summed E-state index contributed by atoms with van der Waals surface area (Å²) >= 11 is 6.13. The van der Waals surface area contributed by atoms with Gasteiger partial charge in [-0.3, -0.25) is 0 Å². The molecule has 1 heterocycles. The van der Waals surface area contributed by atoms with Gasteiger partial charge in [-0.2, -0.15) is 0 Å². The average Bonchev–Trinajstić information content (AvgIpc) is 2.47. The van der Waals surface area contributed by atoms with E-state index < -0.39 is 0 Å². The summed E-state index contributed by atoms with van der Waals surface area (Å²) in [6.07, 6.45) is 2.84. The van der Waals surface area contributed by atoms with E-state index >= 15 is 0 Å². The molecule has 4 heteroatoms. The molecular weight excluding hydrogens is 272 g/mol. The molecule has 0 aliphatic carbocycles. The molecule has 1 N–H and O–H groups in total. The second-order valence-electron chi connectivity index (χ2n) is 4.66. The maximum atomic E-state index is 6.13. The summed E-state index contributed by atoms with van der Waals surface area (Å²) in [6.45, 7) is 5.48. The molecule has 0 saturated heterocycles. The van der Waals surface area contributed by atoms with Crippen molar-refractivity contribution in [3.63, 3.8) is 0 Å². The Labute approximate surface area is 124 Å². The van der Waals surface area contributed by atoms with Crippen LogP contribution in [0.3, 0.4) is 0 Å². The van der Waals surface area contributed by atoms with Gasteiger partial charge >= 0.3 is 0 Å². The maximum absolute atomic E-state index is 6.13. The third kappa shape index (κ3) is 3.87. The standard InChI is InChI=1S/C16H19ClN2O/c1-3-8-18-16-13(5-4-9-19-16)11-20-15-10-12(2)6-7-14(15)17/h4-7,9-10H,3,8,11H2,1-2H3,(H,18,19). The molecule has 0 radical (unpaired) electrons. The largest absolute Gasteiger partial charge is 0.487 e. The highest BCUT2D eigenvalue weighted by molar-refractivity contribution is 6.32. The smallest absolute Gasteiger partial charge is 0.138 e. The Morgan fingerprint density at radius 3 is 2.95 bits per heavy atom. The van der Waals surface area contributed by atoms with Gasteiger partial charge in [0.15, 0.2) is 0 Å². The van der Waals surface area contributed by atoms with Crippen LogP contribution in [0.1, 0.15) is 24.5 Å². The third-order valence-corrected chi connectivity index (χ3v) is 3.22. The molecule has 0 unspecified atom stereocenters. The Kier molecular flexibility index (Phi) is 5.24. The third-order valence-electron chi connectivity index (χ3n) is 2.90. The average molecular weight is 291 g/mol. The van der Waals surface area contributed by atoms with Crippen molar-refractivity contribution < 1.29 is 4.74 Å². The quantitative estimate of drug-likeness (QED) is 0.854. The predicted octanol–water partition coefficient (Wildman–Crippen LogP) is 4.44. The minimum atomic E-state index is 0.447. The first kappa shape index (κ1) is 14.7. The lowest BCUT2D eigenvalue weighted by Gasteiger charge is -2.12. The molecule has 3 nitrogen and oxygen atoms in total. The fourth-order valence-electron chi connectivity index (χ4n) is 1.83. The molecule has 0 aliphatic heterocycles. The lowest BCUT2D eigenvalue weighted by Crippen LogP contribution is -2.07. The number of benzene rings is 1. The van der Waals surface area contributed by atoms with Gasteiger partial charge in [-0.15, -0.1) is 0 Å². The molecule has 0 spiro atoms. The van der Waals surface area contributed by atoms with E-state index in [2.05, 4.69) is 17.2 Å². The molecule has 20 heavy (non-hydrogen) atoms. The maximum Gasteiger partial charge on any atom is 0.138 e. The lowest BCUT2D eigenvalue weighted by atomic mass is 10.2. The number of hydrogen-bond donors (Lipinski definition) is 1. The van der Waals surface area contributed by atoms with Crippen LogP contribution in [0, 0.1) is 6.92 Å². The molecule has 2 rings (SSSR count). The van der Waals surface area contributed by atoms with E-state index in [0.29, 0.717) is 17.4 Å².